The number of nitrogens with two attached hydrogens (primary N) is 1. The fraction of sp³-hybridized carbons (Fsp3) is 0.133. The fourth-order valence-electron chi connectivity index (χ4n) is 2.01. The number of anilines is 2. The van der Waals surface area contributed by atoms with Crippen LogP contribution in [0.15, 0.2) is 36.4 Å². The van der Waals surface area contributed by atoms with Crippen molar-refractivity contribution in [1.82, 2.24) is 0 Å². The topological polar surface area (TPSA) is 53.1 Å². The third kappa shape index (κ3) is 2.61. The van der Waals surface area contributed by atoms with E-state index in [1.807, 2.05) is 25.1 Å². The third-order valence-corrected chi connectivity index (χ3v) is 3.05. The lowest BCUT2D eigenvalue weighted by molar-refractivity contribution is 0.583. The van der Waals surface area contributed by atoms with E-state index in [4.69, 9.17) is 11.1 Å². The van der Waals surface area contributed by atoms with Gasteiger partial charge in [-0.2, -0.15) is 0 Å². The lowest BCUT2D eigenvalue weighted by atomic mass is 10.1. The summed E-state index contributed by atoms with van der Waals surface area (Å²) in [7, 11) is 1.59. The van der Waals surface area contributed by atoms with Crippen LogP contribution in [0.5, 0.6) is 0 Å². The van der Waals surface area contributed by atoms with E-state index < -0.39 is 11.6 Å². The molecular weight excluding hydrogens is 260 g/mol. The molecule has 0 atom stereocenters. The second-order valence-corrected chi connectivity index (χ2v) is 4.60. The first-order chi connectivity index (χ1) is 9.40. The molecule has 0 aliphatic carbocycles. The second-order valence-electron chi connectivity index (χ2n) is 4.60. The van der Waals surface area contributed by atoms with E-state index in [0.29, 0.717) is 5.69 Å². The smallest absolute Gasteiger partial charge is 0.150 e. The highest BCUT2D eigenvalue weighted by molar-refractivity contribution is 5.95. The molecule has 0 unspecified atom stereocenters. The van der Waals surface area contributed by atoms with Crippen LogP contribution in [0.2, 0.25) is 0 Å². The molecule has 5 heteroatoms. The lowest BCUT2D eigenvalue weighted by Crippen LogP contribution is -2.16. The number of hydrogen-bond donors (Lipinski definition) is 2. The Morgan fingerprint density at radius 2 is 1.75 bits per heavy atom. The summed E-state index contributed by atoms with van der Waals surface area (Å²) < 4.78 is 28.1. The zero-order valence-corrected chi connectivity index (χ0v) is 11.2. The van der Waals surface area contributed by atoms with Gasteiger partial charge in [0.15, 0.2) is 11.6 Å². The molecule has 0 spiro atoms. The van der Waals surface area contributed by atoms with Gasteiger partial charge in [0.2, 0.25) is 0 Å². The second kappa shape index (κ2) is 5.28. The van der Waals surface area contributed by atoms with E-state index in [1.165, 1.54) is 4.90 Å². The Bertz CT molecular complexity index is 645. The van der Waals surface area contributed by atoms with Gasteiger partial charge in [-0.05, 0) is 36.8 Å². The molecule has 0 radical (unpaired) electrons. The van der Waals surface area contributed by atoms with Gasteiger partial charge in [0.1, 0.15) is 11.5 Å². The summed E-state index contributed by atoms with van der Waals surface area (Å²) in [5, 5.41) is 7.23. The van der Waals surface area contributed by atoms with E-state index in [9.17, 15) is 8.78 Å². The molecule has 0 aromatic heterocycles. The highest BCUT2D eigenvalue weighted by Gasteiger charge is 2.17. The maximum absolute atomic E-state index is 14.1. The summed E-state index contributed by atoms with van der Waals surface area (Å²) in [6.45, 7) is 1.91. The summed E-state index contributed by atoms with van der Waals surface area (Å²) >= 11 is 0. The fourth-order valence-corrected chi connectivity index (χ4v) is 2.01. The predicted molar refractivity (Wildman–Crippen MR) is 76.6 cm³/mol. The molecule has 2 aromatic carbocycles. The van der Waals surface area contributed by atoms with E-state index in [-0.39, 0.29) is 17.1 Å². The SMILES string of the molecule is Cc1cccc(N(C)c2c(F)cc(C(=N)N)cc2F)c1. The van der Waals surface area contributed by atoms with Gasteiger partial charge >= 0.3 is 0 Å². The summed E-state index contributed by atoms with van der Waals surface area (Å²) in [6, 6.07) is 9.45. The number of rotatable bonds is 3. The Balaban J connectivity index is 2.50. The minimum Gasteiger partial charge on any atom is -0.384 e. The number of amidine groups is 1. The molecule has 20 heavy (non-hydrogen) atoms. The molecule has 2 aromatic rings. The van der Waals surface area contributed by atoms with Gasteiger partial charge in [0.05, 0.1) is 0 Å². The van der Waals surface area contributed by atoms with Crippen molar-refractivity contribution in [2.75, 3.05) is 11.9 Å². The van der Waals surface area contributed by atoms with Crippen molar-refractivity contribution in [1.29, 1.82) is 5.41 Å². The van der Waals surface area contributed by atoms with Gasteiger partial charge in [0, 0.05) is 18.3 Å². The third-order valence-electron chi connectivity index (χ3n) is 3.05. The molecule has 3 nitrogen and oxygen atoms in total. The van der Waals surface area contributed by atoms with Crippen molar-refractivity contribution in [3.63, 3.8) is 0 Å². The zero-order chi connectivity index (χ0) is 14.9. The van der Waals surface area contributed by atoms with Gasteiger partial charge in [-0.15, -0.1) is 0 Å². The van der Waals surface area contributed by atoms with Gasteiger partial charge < -0.3 is 10.6 Å². The van der Waals surface area contributed by atoms with Crippen molar-refractivity contribution in [3.8, 4) is 0 Å². The first-order valence-electron chi connectivity index (χ1n) is 6.04. The molecular formula is C15H15F2N3. The Kier molecular flexibility index (Phi) is 3.70. The average molecular weight is 275 g/mol. The van der Waals surface area contributed by atoms with Gasteiger partial charge in [-0.3, -0.25) is 5.41 Å². The quantitative estimate of drug-likeness (QED) is 0.667. The van der Waals surface area contributed by atoms with E-state index in [1.54, 1.807) is 13.1 Å². The molecule has 0 aliphatic heterocycles. The molecule has 0 saturated carbocycles. The molecule has 0 fully saturated rings. The maximum atomic E-state index is 14.1. The lowest BCUT2D eigenvalue weighted by Gasteiger charge is -2.21. The Morgan fingerprint density at radius 3 is 2.25 bits per heavy atom. The molecule has 104 valence electrons. The summed E-state index contributed by atoms with van der Waals surface area (Å²) in [6.07, 6.45) is 0. The number of nitrogen functional groups attached to an aromatic ring is 1. The van der Waals surface area contributed by atoms with E-state index in [0.717, 1.165) is 17.7 Å². The predicted octanol–water partition coefficient (Wildman–Crippen LogP) is 3.33. The molecule has 0 heterocycles. The number of hydrogen-bond acceptors (Lipinski definition) is 2. The normalized spacial score (nSPS) is 10.4. The van der Waals surface area contributed by atoms with Crippen LogP contribution in [0.3, 0.4) is 0 Å². The summed E-state index contributed by atoms with van der Waals surface area (Å²) in [4.78, 5) is 1.43. The van der Waals surface area contributed by atoms with Crippen LogP contribution < -0.4 is 10.6 Å². The van der Waals surface area contributed by atoms with Crippen molar-refractivity contribution in [2.45, 2.75) is 6.92 Å². The zero-order valence-electron chi connectivity index (χ0n) is 11.2. The van der Waals surface area contributed by atoms with Crippen molar-refractivity contribution in [3.05, 3.63) is 59.2 Å². The van der Waals surface area contributed by atoms with E-state index in [2.05, 4.69) is 0 Å². The highest BCUT2D eigenvalue weighted by Crippen LogP contribution is 2.30. The summed E-state index contributed by atoms with van der Waals surface area (Å²) in [5.41, 5.74) is 6.78. The molecule has 0 amide bonds. The number of nitrogens with zero attached hydrogens (tertiary/aromatic N) is 1. The van der Waals surface area contributed by atoms with Crippen LogP contribution >= 0.6 is 0 Å². The van der Waals surface area contributed by atoms with Crippen LogP contribution in [0.1, 0.15) is 11.1 Å². The largest absolute Gasteiger partial charge is 0.384 e. The standard InChI is InChI=1S/C15H15F2N3/c1-9-4-3-5-11(6-9)20(2)14-12(16)7-10(15(18)19)8-13(14)17/h3-8H,1-2H3,(H3,18,19). The Labute approximate surface area is 116 Å². The Hall–Kier alpha value is -2.43. The molecule has 0 aliphatic rings. The number of halogens is 2. The molecule has 3 N–H and O–H groups in total. The van der Waals surface area contributed by atoms with Crippen molar-refractivity contribution in [2.24, 2.45) is 5.73 Å². The maximum Gasteiger partial charge on any atom is 0.150 e. The first-order valence-corrected chi connectivity index (χ1v) is 6.04. The van der Waals surface area contributed by atoms with Crippen molar-refractivity contribution < 1.29 is 8.78 Å². The van der Waals surface area contributed by atoms with Crippen LogP contribution in [0.4, 0.5) is 20.2 Å². The minimum absolute atomic E-state index is 0.0291. The van der Waals surface area contributed by atoms with Crippen LogP contribution in [0.25, 0.3) is 0 Å². The van der Waals surface area contributed by atoms with Gasteiger partial charge in [-0.25, -0.2) is 8.78 Å². The first kappa shape index (κ1) is 14.0. The van der Waals surface area contributed by atoms with Gasteiger partial charge in [0.25, 0.3) is 0 Å². The molecule has 0 saturated heterocycles. The van der Waals surface area contributed by atoms with Crippen LogP contribution in [-0.4, -0.2) is 12.9 Å². The van der Waals surface area contributed by atoms with Gasteiger partial charge in [-0.1, -0.05) is 12.1 Å². The number of aryl methyl sites for hydroxylation is 1. The molecule has 2 rings (SSSR count). The Morgan fingerprint density at radius 1 is 1.15 bits per heavy atom. The summed E-state index contributed by atoms with van der Waals surface area (Å²) in [5.74, 6) is -1.87. The molecule has 0 bridgehead atoms. The van der Waals surface area contributed by atoms with Crippen molar-refractivity contribution >= 4 is 17.2 Å². The van der Waals surface area contributed by atoms with Crippen LogP contribution in [-0.2, 0) is 0 Å². The monoisotopic (exact) mass is 275 g/mol. The number of nitrogens with one attached hydrogen (secondary N) is 1. The highest BCUT2D eigenvalue weighted by atomic mass is 19.1. The van der Waals surface area contributed by atoms with E-state index >= 15 is 0 Å². The number of benzene rings is 2. The average Bonchev–Trinajstić information content (AvgIpc) is 2.37. The van der Waals surface area contributed by atoms with Crippen LogP contribution in [0, 0.1) is 24.0 Å². The minimum atomic E-state index is -0.751.